The number of nitrogens with one attached hydrogen (secondary N) is 1. The van der Waals surface area contributed by atoms with Crippen molar-refractivity contribution < 1.29 is 14.1 Å². The number of hydrogen-bond acceptors (Lipinski definition) is 5. The van der Waals surface area contributed by atoms with Gasteiger partial charge in [-0.15, -0.1) is 12.4 Å². The fourth-order valence-corrected chi connectivity index (χ4v) is 3.50. The molecule has 1 aliphatic rings. The Morgan fingerprint density at radius 2 is 2.23 bits per heavy atom. The SMILES string of the molecule is COc1ccccc1C1CNCCN1C(=O)CCc1c(C)noc1Cl.Cl. The minimum absolute atomic E-state index is 0. The minimum atomic E-state index is -0.0450. The van der Waals surface area contributed by atoms with Gasteiger partial charge in [0.15, 0.2) is 0 Å². The normalized spacial score (nSPS) is 16.9. The van der Waals surface area contributed by atoms with Gasteiger partial charge in [0.25, 0.3) is 0 Å². The number of methoxy groups -OCH3 is 1. The highest BCUT2D eigenvalue weighted by atomic mass is 35.5. The number of hydrogen-bond donors (Lipinski definition) is 1. The lowest BCUT2D eigenvalue weighted by molar-refractivity contribution is -0.134. The van der Waals surface area contributed by atoms with E-state index in [0.717, 1.165) is 29.1 Å². The molecule has 1 amide bonds. The van der Waals surface area contributed by atoms with Crippen LogP contribution in [-0.4, -0.2) is 42.7 Å². The average molecular weight is 400 g/mol. The van der Waals surface area contributed by atoms with E-state index in [2.05, 4.69) is 10.5 Å². The minimum Gasteiger partial charge on any atom is -0.496 e. The number of piperazine rings is 1. The van der Waals surface area contributed by atoms with Crippen LogP contribution in [-0.2, 0) is 11.2 Å². The summed E-state index contributed by atoms with van der Waals surface area (Å²) in [6, 6.07) is 7.79. The monoisotopic (exact) mass is 399 g/mol. The van der Waals surface area contributed by atoms with E-state index in [9.17, 15) is 4.79 Å². The molecule has 2 heterocycles. The van der Waals surface area contributed by atoms with Gasteiger partial charge in [-0.05, 0) is 31.0 Å². The number of amides is 1. The molecule has 0 radical (unpaired) electrons. The highest BCUT2D eigenvalue weighted by Gasteiger charge is 2.29. The first-order valence-corrected chi connectivity index (χ1v) is 8.73. The number of para-hydroxylation sites is 1. The Morgan fingerprint density at radius 3 is 2.92 bits per heavy atom. The van der Waals surface area contributed by atoms with E-state index in [1.54, 1.807) is 7.11 Å². The van der Waals surface area contributed by atoms with Crippen molar-refractivity contribution in [1.29, 1.82) is 0 Å². The number of carbonyl (C=O) groups is 1. The third-order valence-electron chi connectivity index (χ3n) is 4.59. The van der Waals surface area contributed by atoms with Gasteiger partial charge in [0.1, 0.15) is 5.75 Å². The summed E-state index contributed by atoms with van der Waals surface area (Å²) < 4.78 is 10.4. The molecule has 6 nitrogen and oxygen atoms in total. The zero-order chi connectivity index (χ0) is 17.8. The first-order chi connectivity index (χ1) is 12.1. The zero-order valence-corrected chi connectivity index (χ0v) is 16.4. The Labute approximate surface area is 164 Å². The summed E-state index contributed by atoms with van der Waals surface area (Å²) >= 11 is 6.00. The molecule has 2 aromatic rings. The van der Waals surface area contributed by atoms with Crippen molar-refractivity contribution in [2.24, 2.45) is 0 Å². The largest absolute Gasteiger partial charge is 0.496 e. The van der Waals surface area contributed by atoms with Crippen LogP contribution in [0, 0.1) is 6.92 Å². The molecule has 1 atom stereocenters. The fraction of sp³-hybridized carbons (Fsp3) is 0.444. The number of aromatic nitrogens is 1. The zero-order valence-electron chi connectivity index (χ0n) is 14.8. The van der Waals surface area contributed by atoms with Gasteiger partial charge in [-0.25, -0.2) is 0 Å². The molecular weight excluding hydrogens is 377 g/mol. The van der Waals surface area contributed by atoms with Crippen molar-refractivity contribution in [2.45, 2.75) is 25.8 Å². The number of aryl methyl sites for hydroxylation is 1. The predicted octanol–water partition coefficient (Wildman–Crippen LogP) is 3.17. The molecule has 1 N–H and O–H groups in total. The number of ether oxygens (including phenoxy) is 1. The highest BCUT2D eigenvalue weighted by molar-refractivity contribution is 6.29. The van der Waals surface area contributed by atoms with Gasteiger partial charge < -0.3 is 19.5 Å². The molecule has 142 valence electrons. The van der Waals surface area contributed by atoms with Crippen LogP contribution in [0.5, 0.6) is 5.75 Å². The van der Waals surface area contributed by atoms with Gasteiger partial charge in [-0.3, -0.25) is 4.79 Å². The van der Waals surface area contributed by atoms with Gasteiger partial charge in [-0.2, -0.15) is 0 Å². The van der Waals surface area contributed by atoms with E-state index in [-0.39, 0.29) is 29.6 Å². The maximum atomic E-state index is 12.9. The summed E-state index contributed by atoms with van der Waals surface area (Å²) in [5.74, 6) is 0.890. The third-order valence-corrected chi connectivity index (χ3v) is 4.88. The summed E-state index contributed by atoms with van der Waals surface area (Å²) in [7, 11) is 1.65. The second-order valence-corrected chi connectivity index (χ2v) is 6.41. The van der Waals surface area contributed by atoms with E-state index in [0.29, 0.717) is 25.9 Å². The third kappa shape index (κ3) is 4.31. The predicted molar refractivity (Wildman–Crippen MR) is 102 cm³/mol. The summed E-state index contributed by atoms with van der Waals surface area (Å²) in [5, 5.41) is 7.47. The molecule has 1 fully saturated rings. The molecule has 8 heteroatoms. The lowest BCUT2D eigenvalue weighted by Crippen LogP contribution is -2.48. The summed E-state index contributed by atoms with van der Waals surface area (Å²) in [6.45, 7) is 3.99. The Bertz CT molecular complexity index is 732. The second-order valence-electron chi connectivity index (χ2n) is 6.07. The van der Waals surface area contributed by atoms with Crippen LogP contribution in [0.1, 0.15) is 29.3 Å². The second kappa shape index (κ2) is 9.26. The van der Waals surface area contributed by atoms with Gasteiger partial charge in [0.2, 0.25) is 11.1 Å². The van der Waals surface area contributed by atoms with E-state index in [4.69, 9.17) is 20.9 Å². The molecule has 0 aliphatic carbocycles. The van der Waals surface area contributed by atoms with Gasteiger partial charge in [-0.1, -0.05) is 23.4 Å². The molecule has 0 spiro atoms. The van der Waals surface area contributed by atoms with Crippen molar-refractivity contribution in [1.82, 2.24) is 15.4 Å². The number of halogens is 2. The molecule has 3 rings (SSSR count). The quantitative estimate of drug-likeness (QED) is 0.835. The average Bonchev–Trinajstić information content (AvgIpc) is 2.97. The Kier molecular flexibility index (Phi) is 7.32. The molecule has 0 saturated carbocycles. The fourth-order valence-electron chi connectivity index (χ4n) is 3.24. The van der Waals surface area contributed by atoms with E-state index in [1.165, 1.54) is 0 Å². The maximum Gasteiger partial charge on any atom is 0.229 e. The molecule has 1 aromatic heterocycles. The Hall–Kier alpha value is -1.76. The van der Waals surface area contributed by atoms with Crippen LogP contribution in [0.2, 0.25) is 5.22 Å². The molecule has 26 heavy (non-hydrogen) atoms. The number of rotatable bonds is 5. The van der Waals surface area contributed by atoms with Crippen LogP contribution >= 0.6 is 24.0 Å². The van der Waals surface area contributed by atoms with E-state index >= 15 is 0 Å². The van der Waals surface area contributed by atoms with Gasteiger partial charge in [0.05, 0.1) is 18.8 Å². The summed E-state index contributed by atoms with van der Waals surface area (Å²) in [5.41, 5.74) is 2.56. The molecule has 1 aliphatic heterocycles. The lowest BCUT2D eigenvalue weighted by atomic mass is 10.0. The smallest absolute Gasteiger partial charge is 0.229 e. The molecular formula is C18H23Cl2N3O3. The Morgan fingerprint density at radius 1 is 1.46 bits per heavy atom. The molecule has 1 saturated heterocycles. The van der Waals surface area contributed by atoms with Crippen molar-refractivity contribution in [3.8, 4) is 5.75 Å². The number of benzene rings is 1. The molecule has 0 bridgehead atoms. The summed E-state index contributed by atoms with van der Waals surface area (Å²) in [6.07, 6.45) is 0.892. The molecule has 1 unspecified atom stereocenters. The van der Waals surface area contributed by atoms with Crippen LogP contribution in [0.3, 0.4) is 0 Å². The van der Waals surface area contributed by atoms with Crippen LogP contribution in [0.15, 0.2) is 28.8 Å². The first-order valence-electron chi connectivity index (χ1n) is 8.35. The first kappa shape index (κ1) is 20.6. The van der Waals surface area contributed by atoms with Crippen LogP contribution in [0.4, 0.5) is 0 Å². The van der Waals surface area contributed by atoms with Gasteiger partial charge in [0, 0.05) is 37.2 Å². The van der Waals surface area contributed by atoms with Crippen molar-refractivity contribution in [2.75, 3.05) is 26.7 Å². The van der Waals surface area contributed by atoms with Crippen molar-refractivity contribution in [3.63, 3.8) is 0 Å². The summed E-state index contributed by atoms with van der Waals surface area (Å²) in [4.78, 5) is 14.8. The van der Waals surface area contributed by atoms with E-state index < -0.39 is 0 Å². The van der Waals surface area contributed by atoms with Gasteiger partial charge >= 0.3 is 0 Å². The topological polar surface area (TPSA) is 67.6 Å². The standard InChI is InChI=1S/C18H22ClN3O3.ClH/c1-12-13(18(19)25-21-12)7-8-17(23)22-10-9-20-11-15(22)14-5-3-4-6-16(14)24-2;/h3-6,15,20H,7-11H2,1-2H3;1H. The van der Waals surface area contributed by atoms with Crippen LogP contribution in [0.25, 0.3) is 0 Å². The van der Waals surface area contributed by atoms with Crippen molar-refractivity contribution in [3.05, 3.63) is 46.3 Å². The number of nitrogens with zero attached hydrogens (tertiary/aromatic N) is 2. The van der Waals surface area contributed by atoms with Crippen LogP contribution < -0.4 is 10.1 Å². The Balaban J connectivity index is 0.00000243. The highest BCUT2D eigenvalue weighted by Crippen LogP contribution is 2.31. The van der Waals surface area contributed by atoms with E-state index in [1.807, 2.05) is 36.1 Å². The lowest BCUT2D eigenvalue weighted by Gasteiger charge is -2.37. The number of carbonyl (C=O) groups excluding carboxylic acids is 1. The van der Waals surface area contributed by atoms with Crippen molar-refractivity contribution >= 4 is 29.9 Å². The maximum absolute atomic E-state index is 12.9. The molecule has 1 aromatic carbocycles.